The van der Waals surface area contributed by atoms with Crippen molar-refractivity contribution in [3.8, 4) is 0 Å². The first-order valence-electron chi connectivity index (χ1n) is 8.90. The lowest BCUT2D eigenvalue weighted by molar-refractivity contribution is -0.126. The maximum Gasteiger partial charge on any atom is 0.225 e. The number of nitrogens with one attached hydrogen (secondary N) is 1. The van der Waals surface area contributed by atoms with Crippen molar-refractivity contribution in [3.63, 3.8) is 0 Å². The predicted octanol–water partition coefficient (Wildman–Crippen LogP) is 2.35. The van der Waals surface area contributed by atoms with Gasteiger partial charge in [-0.05, 0) is 25.7 Å². The Hall–Kier alpha value is -1.21. The Balaban J connectivity index is 1.59. The van der Waals surface area contributed by atoms with Crippen molar-refractivity contribution in [1.29, 1.82) is 0 Å². The molecule has 7 heteroatoms. The fourth-order valence-electron chi connectivity index (χ4n) is 3.17. The third kappa shape index (κ3) is 4.25. The SMILES string of the molecule is CC(C)(C)c1nnc(N2CCCC(C(=O)NC3CCOCC3)C2)s1. The van der Waals surface area contributed by atoms with E-state index in [1.807, 2.05) is 0 Å². The third-order valence-corrected chi connectivity index (χ3v) is 6.10. The molecular formula is C17H28N4O2S. The number of nitrogens with zero attached hydrogens (tertiary/aromatic N) is 3. The normalized spacial score (nSPS) is 23.3. The van der Waals surface area contributed by atoms with E-state index < -0.39 is 0 Å². The highest BCUT2D eigenvalue weighted by Gasteiger charge is 2.30. The van der Waals surface area contributed by atoms with E-state index in [1.54, 1.807) is 11.3 Å². The van der Waals surface area contributed by atoms with Crippen LogP contribution < -0.4 is 10.2 Å². The summed E-state index contributed by atoms with van der Waals surface area (Å²) in [7, 11) is 0. The molecule has 0 saturated carbocycles. The molecule has 0 radical (unpaired) electrons. The molecule has 2 aliphatic heterocycles. The quantitative estimate of drug-likeness (QED) is 0.904. The Labute approximate surface area is 148 Å². The standard InChI is InChI=1S/C17H28N4O2S/c1-17(2,3)15-19-20-16(24-15)21-8-4-5-12(11-21)14(22)18-13-6-9-23-10-7-13/h12-13H,4-11H2,1-3H3,(H,18,22). The number of amides is 1. The van der Waals surface area contributed by atoms with Crippen LogP contribution in [0.3, 0.4) is 0 Å². The van der Waals surface area contributed by atoms with Gasteiger partial charge in [-0.25, -0.2) is 0 Å². The van der Waals surface area contributed by atoms with E-state index in [9.17, 15) is 4.79 Å². The van der Waals surface area contributed by atoms with Crippen LogP contribution >= 0.6 is 11.3 Å². The Morgan fingerprint density at radius 1 is 1.25 bits per heavy atom. The summed E-state index contributed by atoms with van der Waals surface area (Å²) in [6.45, 7) is 9.66. The molecule has 1 amide bonds. The van der Waals surface area contributed by atoms with Crippen molar-refractivity contribution in [2.45, 2.75) is 57.9 Å². The molecule has 24 heavy (non-hydrogen) atoms. The van der Waals surface area contributed by atoms with E-state index >= 15 is 0 Å². The summed E-state index contributed by atoms with van der Waals surface area (Å²) in [4.78, 5) is 14.8. The molecule has 1 aromatic heterocycles. The Morgan fingerprint density at radius 2 is 2.00 bits per heavy atom. The van der Waals surface area contributed by atoms with Gasteiger partial charge in [-0.15, -0.1) is 10.2 Å². The van der Waals surface area contributed by atoms with Crippen molar-refractivity contribution in [3.05, 3.63) is 5.01 Å². The molecule has 0 aliphatic carbocycles. The molecule has 0 aromatic carbocycles. The smallest absolute Gasteiger partial charge is 0.225 e. The molecule has 2 saturated heterocycles. The largest absolute Gasteiger partial charge is 0.381 e. The lowest BCUT2D eigenvalue weighted by Crippen LogP contribution is -2.47. The van der Waals surface area contributed by atoms with Crippen molar-refractivity contribution in [2.75, 3.05) is 31.2 Å². The molecule has 2 fully saturated rings. The average Bonchev–Trinajstić information content (AvgIpc) is 3.06. The summed E-state index contributed by atoms with van der Waals surface area (Å²) >= 11 is 1.65. The van der Waals surface area contributed by atoms with E-state index in [2.05, 4.69) is 41.2 Å². The van der Waals surface area contributed by atoms with Crippen LogP contribution in [0.2, 0.25) is 0 Å². The van der Waals surface area contributed by atoms with Gasteiger partial charge in [0.25, 0.3) is 0 Å². The molecule has 134 valence electrons. The number of ether oxygens (including phenoxy) is 1. The van der Waals surface area contributed by atoms with Crippen LogP contribution in [0.1, 0.15) is 51.5 Å². The molecule has 1 N–H and O–H groups in total. The highest BCUT2D eigenvalue weighted by molar-refractivity contribution is 7.15. The van der Waals surface area contributed by atoms with Gasteiger partial charge < -0.3 is 15.0 Å². The number of aromatic nitrogens is 2. The molecule has 1 atom stereocenters. The van der Waals surface area contributed by atoms with Crippen LogP contribution in [0.15, 0.2) is 0 Å². The van der Waals surface area contributed by atoms with Crippen LogP contribution in [-0.2, 0) is 14.9 Å². The molecule has 1 aromatic rings. The number of hydrogen-bond donors (Lipinski definition) is 1. The van der Waals surface area contributed by atoms with E-state index in [-0.39, 0.29) is 23.3 Å². The summed E-state index contributed by atoms with van der Waals surface area (Å²) in [5.41, 5.74) is 0.0194. The second kappa shape index (κ2) is 7.35. The van der Waals surface area contributed by atoms with Gasteiger partial charge in [0.2, 0.25) is 11.0 Å². The second-order valence-corrected chi connectivity index (χ2v) is 8.78. The van der Waals surface area contributed by atoms with Gasteiger partial charge in [-0.2, -0.15) is 0 Å². The van der Waals surface area contributed by atoms with Gasteiger partial charge >= 0.3 is 0 Å². The minimum absolute atomic E-state index is 0.0194. The number of carbonyl (C=O) groups is 1. The van der Waals surface area contributed by atoms with E-state index in [0.717, 1.165) is 62.1 Å². The second-order valence-electron chi connectivity index (χ2n) is 7.82. The molecule has 6 nitrogen and oxygen atoms in total. The van der Waals surface area contributed by atoms with Crippen LogP contribution in [0.4, 0.5) is 5.13 Å². The minimum Gasteiger partial charge on any atom is -0.381 e. The number of rotatable bonds is 3. The highest BCUT2D eigenvalue weighted by atomic mass is 32.1. The molecule has 2 aliphatic rings. The maximum atomic E-state index is 12.6. The fourth-order valence-corrected chi connectivity index (χ4v) is 4.11. The molecule has 3 rings (SSSR count). The Morgan fingerprint density at radius 3 is 2.67 bits per heavy atom. The zero-order valence-corrected chi connectivity index (χ0v) is 15.7. The fraction of sp³-hybridized carbons (Fsp3) is 0.824. The van der Waals surface area contributed by atoms with Gasteiger partial charge in [0.15, 0.2) is 0 Å². The lowest BCUT2D eigenvalue weighted by Gasteiger charge is -2.33. The van der Waals surface area contributed by atoms with E-state index in [4.69, 9.17) is 4.74 Å². The molecule has 3 heterocycles. The maximum absolute atomic E-state index is 12.6. The summed E-state index contributed by atoms with van der Waals surface area (Å²) in [5, 5.41) is 13.9. The minimum atomic E-state index is 0.0194. The number of piperidine rings is 1. The van der Waals surface area contributed by atoms with E-state index in [0.29, 0.717) is 0 Å². The van der Waals surface area contributed by atoms with Crippen LogP contribution in [0.5, 0.6) is 0 Å². The van der Waals surface area contributed by atoms with Crippen molar-refractivity contribution in [1.82, 2.24) is 15.5 Å². The molecule has 0 spiro atoms. The lowest BCUT2D eigenvalue weighted by atomic mass is 9.96. The predicted molar refractivity (Wildman–Crippen MR) is 95.5 cm³/mol. The van der Waals surface area contributed by atoms with Crippen molar-refractivity contribution >= 4 is 22.4 Å². The van der Waals surface area contributed by atoms with Gasteiger partial charge in [0.05, 0.1) is 5.92 Å². The first-order chi connectivity index (χ1) is 11.4. The summed E-state index contributed by atoms with van der Waals surface area (Å²) in [6.07, 6.45) is 3.83. The zero-order chi connectivity index (χ0) is 17.2. The first kappa shape index (κ1) is 17.6. The number of anilines is 1. The van der Waals surface area contributed by atoms with Gasteiger partial charge in [0, 0.05) is 37.8 Å². The zero-order valence-electron chi connectivity index (χ0n) is 14.9. The van der Waals surface area contributed by atoms with Gasteiger partial charge in [-0.3, -0.25) is 4.79 Å². The molecular weight excluding hydrogens is 324 g/mol. The van der Waals surface area contributed by atoms with Gasteiger partial charge in [0.1, 0.15) is 5.01 Å². The third-order valence-electron chi connectivity index (χ3n) is 4.69. The first-order valence-corrected chi connectivity index (χ1v) is 9.72. The van der Waals surface area contributed by atoms with Crippen LogP contribution in [0, 0.1) is 5.92 Å². The topological polar surface area (TPSA) is 67.4 Å². The highest BCUT2D eigenvalue weighted by Crippen LogP contribution is 2.32. The van der Waals surface area contributed by atoms with Crippen LogP contribution in [-0.4, -0.2) is 48.4 Å². The summed E-state index contributed by atoms with van der Waals surface area (Å²) < 4.78 is 5.36. The number of hydrogen-bond acceptors (Lipinski definition) is 6. The Kier molecular flexibility index (Phi) is 5.39. The van der Waals surface area contributed by atoms with Crippen LogP contribution in [0.25, 0.3) is 0 Å². The summed E-state index contributed by atoms with van der Waals surface area (Å²) in [6, 6.07) is 0.274. The average molecular weight is 353 g/mol. The summed E-state index contributed by atoms with van der Waals surface area (Å²) in [5.74, 6) is 0.232. The Bertz CT molecular complexity index is 563. The number of carbonyl (C=O) groups excluding carboxylic acids is 1. The molecule has 0 bridgehead atoms. The van der Waals surface area contributed by atoms with E-state index in [1.165, 1.54) is 0 Å². The van der Waals surface area contributed by atoms with Gasteiger partial charge in [-0.1, -0.05) is 32.1 Å². The van der Waals surface area contributed by atoms with Crippen molar-refractivity contribution < 1.29 is 9.53 Å². The van der Waals surface area contributed by atoms with Crippen molar-refractivity contribution in [2.24, 2.45) is 5.92 Å². The molecule has 1 unspecified atom stereocenters. The monoisotopic (exact) mass is 352 g/mol.